The average molecular weight is 178 g/mol. The molecule has 74 valence electrons. The Hall–Kier alpha value is -0.780. The number of unbranched alkanes of at least 4 members (excludes halogenated alkanes) is 1. The summed E-state index contributed by atoms with van der Waals surface area (Å²) < 4.78 is 0. The Balaban J connectivity index is 3.60. The van der Waals surface area contributed by atoms with E-state index in [0.29, 0.717) is 0 Å². The summed E-state index contributed by atoms with van der Waals surface area (Å²) in [5, 5.41) is 0. The smallest absolute Gasteiger partial charge is 0.0288 e. The maximum absolute atomic E-state index is 3.70. The average Bonchev–Trinajstić information content (AvgIpc) is 2.04. The van der Waals surface area contributed by atoms with Gasteiger partial charge in [0.05, 0.1) is 0 Å². The lowest BCUT2D eigenvalue weighted by Gasteiger charge is -1.98. The Bertz CT molecular complexity index is 190. The van der Waals surface area contributed by atoms with E-state index in [1.807, 2.05) is 6.08 Å². The summed E-state index contributed by atoms with van der Waals surface area (Å²) >= 11 is 0. The van der Waals surface area contributed by atoms with E-state index >= 15 is 0 Å². The van der Waals surface area contributed by atoms with Crippen molar-refractivity contribution in [2.75, 3.05) is 0 Å². The van der Waals surface area contributed by atoms with Crippen LogP contribution in [0, 0.1) is 0 Å². The molecule has 13 heavy (non-hydrogen) atoms. The van der Waals surface area contributed by atoms with Gasteiger partial charge in [-0.2, -0.15) is 0 Å². The fourth-order valence-electron chi connectivity index (χ4n) is 1.14. The van der Waals surface area contributed by atoms with Crippen molar-refractivity contribution in [2.24, 2.45) is 0 Å². The number of rotatable bonds is 6. The third-order valence-electron chi connectivity index (χ3n) is 1.95. The molecule has 0 fully saturated rings. The number of hydrogen-bond donors (Lipinski definition) is 0. The van der Waals surface area contributed by atoms with Gasteiger partial charge in [-0.1, -0.05) is 29.4 Å². The summed E-state index contributed by atoms with van der Waals surface area (Å²) in [5.74, 6) is 0. The molecule has 0 heteroatoms. The Morgan fingerprint density at radius 1 is 1.00 bits per heavy atom. The van der Waals surface area contributed by atoms with Gasteiger partial charge in [0.1, 0.15) is 0 Å². The summed E-state index contributed by atoms with van der Waals surface area (Å²) in [5.41, 5.74) is 2.92. The summed E-state index contributed by atoms with van der Waals surface area (Å²) in [4.78, 5) is 0. The van der Waals surface area contributed by atoms with E-state index in [0.717, 1.165) is 12.8 Å². The normalized spacial score (nSPS) is 11.2. The first-order valence-electron chi connectivity index (χ1n) is 5.06. The summed E-state index contributed by atoms with van der Waals surface area (Å²) in [6, 6.07) is 0. The molecule has 0 unspecified atom stereocenters. The molecule has 0 saturated heterocycles. The van der Waals surface area contributed by atoms with Gasteiger partial charge >= 0.3 is 0 Å². The molecular weight excluding hydrogens is 156 g/mol. The lowest BCUT2D eigenvalue weighted by molar-refractivity contribution is 0.937. The van der Waals surface area contributed by atoms with E-state index in [1.54, 1.807) is 0 Å². The fraction of sp³-hybridized carbons (Fsp3) is 0.538. The van der Waals surface area contributed by atoms with Crippen LogP contribution in [0.2, 0.25) is 0 Å². The van der Waals surface area contributed by atoms with E-state index in [9.17, 15) is 0 Å². The highest BCUT2D eigenvalue weighted by Gasteiger charge is 1.87. The molecule has 0 aromatic carbocycles. The number of allylic oxidation sites excluding steroid dienone is 5. The molecule has 0 aromatic rings. The van der Waals surface area contributed by atoms with Crippen LogP contribution in [-0.2, 0) is 0 Å². The third kappa shape index (κ3) is 9.13. The maximum atomic E-state index is 3.70. The van der Waals surface area contributed by atoms with Crippen molar-refractivity contribution < 1.29 is 0 Å². The topological polar surface area (TPSA) is 0 Å². The van der Waals surface area contributed by atoms with Crippen LogP contribution in [0.3, 0.4) is 0 Å². The van der Waals surface area contributed by atoms with Gasteiger partial charge in [0.2, 0.25) is 0 Å². The molecule has 0 N–H and O–H groups in total. The predicted molar refractivity (Wildman–Crippen MR) is 61.9 cm³/mol. The van der Waals surface area contributed by atoms with E-state index < -0.39 is 0 Å². The van der Waals surface area contributed by atoms with Gasteiger partial charge in [0, 0.05) is 0 Å². The van der Waals surface area contributed by atoms with E-state index in [2.05, 4.69) is 39.5 Å². The molecule has 0 bridgehead atoms. The second-order valence-corrected chi connectivity index (χ2v) is 3.74. The fourth-order valence-corrected chi connectivity index (χ4v) is 1.14. The van der Waals surface area contributed by atoms with Gasteiger partial charge in [-0.25, -0.2) is 0 Å². The maximum Gasteiger partial charge on any atom is -0.0288 e. The summed E-state index contributed by atoms with van der Waals surface area (Å²) in [7, 11) is 0. The molecule has 0 aromatic heterocycles. The Labute approximate surface area is 83.0 Å². The molecule has 0 amide bonds. The number of hydrogen-bond acceptors (Lipinski definition) is 0. The molecule has 0 atom stereocenters. The molecule has 0 rings (SSSR count). The van der Waals surface area contributed by atoms with Crippen LogP contribution in [0.15, 0.2) is 36.0 Å². The Morgan fingerprint density at radius 2 is 1.69 bits per heavy atom. The van der Waals surface area contributed by atoms with E-state index in [1.165, 1.54) is 24.0 Å². The van der Waals surface area contributed by atoms with Crippen molar-refractivity contribution in [2.45, 2.75) is 46.5 Å². The first-order chi connectivity index (χ1) is 6.16. The predicted octanol–water partition coefficient (Wildman–Crippen LogP) is 4.65. The first kappa shape index (κ1) is 12.2. The van der Waals surface area contributed by atoms with Gasteiger partial charge in [-0.15, -0.1) is 6.58 Å². The zero-order valence-electron chi connectivity index (χ0n) is 9.27. The molecule has 0 heterocycles. The molecule has 0 aliphatic carbocycles. The lowest BCUT2D eigenvalue weighted by Crippen LogP contribution is -1.77. The minimum Gasteiger partial charge on any atom is -0.103 e. The SMILES string of the molecule is C=CCC/C=C(\C)CCC=C(C)C. The van der Waals surface area contributed by atoms with Gasteiger partial charge in [-0.05, 0) is 46.5 Å². The van der Waals surface area contributed by atoms with E-state index in [4.69, 9.17) is 0 Å². The molecule has 0 radical (unpaired) electrons. The van der Waals surface area contributed by atoms with Gasteiger partial charge in [-0.3, -0.25) is 0 Å². The molecule has 0 aliphatic heterocycles. The van der Waals surface area contributed by atoms with Gasteiger partial charge < -0.3 is 0 Å². The molecule has 0 aliphatic rings. The Morgan fingerprint density at radius 3 is 2.23 bits per heavy atom. The van der Waals surface area contributed by atoms with Crippen molar-refractivity contribution in [1.82, 2.24) is 0 Å². The van der Waals surface area contributed by atoms with Crippen molar-refractivity contribution in [3.8, 4) is 0 Å². The van der Waals surface area contributed by atoms with Crippen LogP contribution < -0.4 is 0 Å². The van der Waals surface area contributed by atoms with Crippen LogP contribution in [-0.4, -0.2) is 0 Å². The highest BCUT2D eigenvalue weighted by Crippen LogP contribution is 2.08. The molecule has 0 saturated carbocycles. The zero-order chi connectivity index (χ0) is 10.1. The summed E-state index contributed by atoms with van der Waals surface area (Å²) in [6.45, 7) is 10.2. The van der Waals surface area contributed by atoms with Crippen LogP contribution in [0.1, 0.15) is 46.5 Å². The second kappa shape index (κ2) is 7.85. The van der Waals surface area contributed by atoms with Gasteiger partial charge in [0.25, 0.3) is 0 Å². The first-order valence-corrected chi connectivity index (χ1v) is 5.06. The van der Waals surface area contributed by atoms with Crippen LogP contribution in [0.4, 0.5) is 0 Å². The quantitative estimate of drug-likeness (QED) is 0.410. The van der Waals surface area contributed by atoms with Crippen LogP contribution >= 0.6 is 0 Å². The van der Waals surface area contributed by atoms with Gasteiger partial charge in [0.15, 0.2) is 0 Å². The molecule has 0 spiro atoms. The molecular formula is C13H22. The third-order valence-corrected chi connectivity index (χ3v) is 1.95. The van der Waals surface area contributed by atoms with Crippen molar-refractivity contribution in [3.63, 3.8) is 0 Å². The monoisotopic (exact) mass is 178 g/mol. The minimum atomic E-state index is 1.10. The van der Waals surface area contributed by atoms with Crippen molar-refractivity contribution in [3.05, 3.63) is 36.0 Å². The van der Waals surface area contributed by atoms with Crippen LogP contribution in [0.5, 0.6) is 0 Å². The zero-order valence-corrected chi connectivity index (χ0v) is 9.27. The molecule has 0 nitrogen and oxygen atoms in total. The Kier molecular flexibility index (Phi) is 7.38. The largest absolute Gasteiger partial charge is 0.103 e. The van der Waals surface area contributed by atoms with E-state index in [-0.39, 0.29) is 0 Å². The highest BCUT2D eigenvalue weighted by molar-refractivity contribution is 5.02. The minimum absolute atomic E-state index is 1.10. The second-order valence-electron chi connectivity index (χ2n) is 3.74. The standard InChI is InChI=1S/C13H22/c1-5-6-7-10-13(4)11-8-9-12(2)3/h5,9-10H,1,6-8,11H2,2-4H3/b13-10+. The lowest BCUT2D eigenvalue weighted by atomic mass is 10.1. The summed E-state index contributed by atoms with van der Waals surface area (Å²) in [6.07, 6.45) is 11.2. The van der Waals surface area contributed by atoms with Crippen LogP contribution in [0.25, 0.3) is 0 Å². The highest BCUT2D eigenvalue weighted by atomic mass is 13.9. The van der Waals surface area contributed by atoms with Crippen molar-refractivity contribution >= 4 is 0 Å². The van der Waals surface area contributed by atoms with Crippen molar-refractivity contribution in [1.29, 1.82) is 0 Å².